The van der Waals surface area contributed by atoms with Gasteiger partial charge in [0.15, 0.2) is 11.5 Å². The Morgan fingerprint density at radius 1 is 0.938 bits per heavy atom. The molecule has 7 nitrogen and oxygen atoms in total. The first kappa shape index (κ1) is 19.6. The third kappa shape index (κ3) is 3.60. The minimum atomic E-state index is -0.350. The molecule has 0 aliphatic heterocycles. The van der Waals surface area contributed by atoms with Crippen molar-refractivity contribution in [2.45, 2.75) is 6.92 Å². The first-order valence-electron chi connectivity index (χ1n) is 9.71. The third-order valence-corrected chi connectivity index (χ3v) is 4.86. The van der Waals surface area contributed by atoms with Crippen molar-refractivity contribution in [3.8, 4) is 28.3 Å². The molecule has 0 fully saturated rings. The number of aromatic nitrogens is 5. The second-order valence-electron chi connectivity index (χ2n) is 7.12. The van der Waals surface area contributed by atoms with E-state index < -0.39 is 0 Å². The maximum Gasteiger partial charge on any atom is 0.222 e. The lowest BCUT2D eigenvalue weighted by molar-refractivity contribution is -0.114. The highest BCUT2D eigenvalue weighted by atomic mass is 19.1. The predicted octanol–water partition coefficient (Wildman–Crippen LogP) is 4.49. The van der Waals surface area contributed by atoms with Crippen molar-refractivity contribution in [1.82, 2.24) is 24.1 Å². The number of imidazole rings is 2. The molecule has 0 bridgehead atoms. The fourth-order valence-corrected chi connectivity index (χ4v) is 3.46. The van der Waals surface area contributed by atoms with Crippen molar-refractivity contribution in [2.24, 2.45) is 0 Å². The van der Waals surface area contributed by atoms with Gasteiger partial charge in [-0.2, -0.15) is 5.10 Å². The zero-order valence-electron chi connectivity index (χ0n) is 16.8. The molecule has 9 heteroatoms. The van der Waals surface area contributed by atoms with Gasteiger partial charge in [0.25, 0.3) is 0 Å². The number of hydrogen-bond donors (Lipinski definition) is 1. The Morgan fingerprint density at radius 2 is 1.62 bits per heavy atom. The minimum absolute atomic E-state index is 0.235. The van der Waals surface area contributed by atoms with E-state index in [-0.39, 0.29) is 17.5 Å². The molecule has 1 amide bonds. The van der Waals surface area contributed by atoms with Gasteiger partial charge in [-0.05, 0) is 60.7 Å². The van der Waals surface area contributed by atoms with Crippen molar-refractivity contribution in [1.29, 1.82) is 0 Å². The molecule has 5 rings (SSSR count). The van der Waals surface area contributed by atoms with Crippen molar-refractivity contribution >= 4 is 17.4 Å². The second kappa shape index (κ2) is 7.69. The molecule has 0 unspecified atom stereocenters. The van der Waals surface area contributed by atoms with E-state index in [0.717, 1.165) is 0 Å². The second-order valence-corrected chi connectivity index (χ2v) is 7.12. The predicted molar refractivity (Wildman–Crippen MR) is 115 cm³/mol. The Hall–Kier alpha value is -4.40. The lowest BCUT2D eigenvalue weighted by Gasteiger charge is -2.10. The SMILES string of the molecule is CC(=O)Nc1cn2nc(-c3c(-c4ccc(F)cc4)ncn3-c3ccc(F)cc3)ccc2n1. The molecule has 0 saturated carbocycles. The molecule has 0 atom stereocenters. The smallest absolute Gasteiger partial charge is 0.222 e. The number of rotatable bonds is 4. The highest BCUT2D eigenvalue weighted by Gasteiger charge is 2.19. The molecule has 5 aromatic rings. The molecular weight excluding hydrogens is 414 g/mol. The van der Waals surface area contributed by atoms with Gasteiger partial charge >= 0.3 is 0 Å². The van der Waals surface area contributed by atoms with Crippen molar-refractivity contribution in [3.63, 3.8) is 0 Å². The maximum absolute atomic E-state index is 13.5. The fraction of sp³-hybridized carbons (Fsp3) is 0.0435. The molecule has 0 aliphatic rings. The zero-order chi connectivity index (χ0) is 22.2. The lowest BCUT2D eigenvalue weighted by atomic mass is 10.1. The highest BCUT2D eigenvalue weighted by molar-refractivity contribution is 5.88. The van der Waals surface area contributed by atoms with Crippen LogP contribution in [-0.2, 0) is 4.79 Å². The van der Waals surface area contributed by atoms with Crippen LogP contribution in [0.4, 0.5) is 14.6 Å². The summed E-state index contributed by atoms with van der Waals surface area (Å²) in [7, 11) is 0. The van der Waals surface area contributed by atoms with Crippen LogP contribution in [0.5, 0.6) is 0 Å². The molecule has 3 aromatic heterocycles. The molecule has 158 valence electrons. The summed E-state index contributed by atoms with van der Waals surface area (Å²) in [6.45, 7) is 1.40. The van der Waals surface area contributed by atoms with Gasteiger partial charge in [0.1, 0.15) is 29.3 Å². The monoisotopic (exact) mass is 430 g/mol. The summed E-state index contributed by atoms with van der Waals surface area (Å²) in [5, 5.41) is 7.28. The van der Waals surface area contributed by atoms with E-state index >= 15 is 0 Å². The Morgan fingerprint density at radius 3 is 2.31 bits per heavy atom. The molecule has 0 radical (unpaired) electrons. The minimum Gasteiger partial charge on any atom is -0.310 e. The quantitative estimate of drug-likeness (QED) is 0.456. The van der Waals surface area contributed by atoms with Gasteiger partial charge in [0.05, 0.1) is 11.9 Å². The van der Waals surface area contributed by atoms with Gasteiger partial charge in [-0.15, -0.1) is 0 Å². The van der Waals surface area contributed by atoms with Crippen molar-refractivity contribution < 1.29 is 13.6 Å². The van der Waals surface area contributed by atoms with E-state index in [1.165, 1.54) is 31.2 Å². The first-order chi connectivity index (χ1) is 15.5. The normalized spacial score (nSPS) is 11.1. The van der Waals surface area contributed by atoms with Gasteiger partial charge in [0, 0.05) is 18.2 Å². The number of fused-ring (bicyclic) bond motifs is 1. The Balaban J connectivity index is 1.70. The van der Waals surface area contributed by atoms with E-state index in [2.05, 4.69) is 20.4 Å². The van der Waals surface area contributed by atoms with Gasteiger partial charge in [-0.1, -0.05) is 0 Å². The standard InChI is InChI=1S/C23H16F2N6O/c1-14(32)27-20-12-31-21(28-20)11-10-19(29-31)23-22(15-2-4-16(24)5-3-15)26-13-30(23)18-8-6-17(25)7-9-18/h2-13H,1H3,(H,27,32). The molecule has 0 spiro atoms. The number of hydrogen-bond acceptors (Lipinski definition) is 4. The van der Waals surface area contributed by atoms with Crippen LogP contribution >= 0.6 is 0 Å². The summed E-state index contributed by atoms with van der Waals surface area (Å²) in [6, 6.07) is 15.6. The number of carbonyl (C=O) groups excluding carboxylic acids is 1. The van der Waals surface area contributed by atoms with Crippen molar-refractivity contribution in [3.05, 3.63) is 84.8 Å². The molecule has 32 heavy (non-hydrogen) atoms. The summed E-state index contributed by atoms with van der Waals surface area (Å²) in [4.78, 5) is 20.2. The van der Waals surface area contributed by atoms with Crippen LogP contribution < -0.4 is 5.32 Å². The zero-order valence-corrected chi connectivity index (χ0v) is 16.8. The summed E-state index contributed by atoms with van der Waals surface area (Å²) < 4.78 is 30.3. The number of halogens is 2. The van der Waals surface area contributed by atoms with E-state index in [1.807, 2.05) is 0 Å². The number of anilines is 1. The Kier molecular flexibility index (Phi) is 4.70. The fourth-order valence-electron chi connectivity index (χ4n) is 3.46. The van der Waals surface area contributed by atoms with Crippen LogP contribution in [0.3, 0.4) is 0 Å². The van der Waals surface area contributed by atoms with Crippen LogP contribution in [0.2, 0.25) is 0 Å². The average Bonchev–Trinajstić information content (AvgIpc) is 3.37. The summed E-state index contributed by atoms with van der Waals surface area (Å²) in [5.41, 5.74) is 3.73. The number of amides is 1. The Labute approximate surface area is 181 Å². The number of nitrogens with one attached hydrogen (secondary N) is 1. The van der Waals surface area contributed by atoms with E-state index in [0.29, 0.717) is 39.8 Å². The maximum atomic E-state index is 13.5. The summed E-state index contributed by atoms with van der Waals surface area (Å²) in [6.07, 6.45) is 3.22. The third-order valence-electron chi connectivity index (χ3n) is 4.86. The number of nitrogens with zero attached hydrogens (tertiary/aromatic N) is 5. The molecule has 3 heterocycles. The van der Waals surface area contributed by atoms with Crippen molar-refractivity contribution in [2.75, 3.05) is 5.32 Å². The van der Waals surface area contributed by atoms with Gasteiger partial charge in [-0.3, -0.25) is 9.36 Å². The van der Waals surface area contributed by atoms with Crippen LogP contribution in [-0.4, -0.2) is 30.1 Å². The molecular formula is C23H16F2N6O. The number of carbonyl (C=O) groups is 1. The average molecular weight is 430 g/mol. The molecule has 0 saturated heterocycles. The van der Waals surface area contributed by atoms with E-state index in [1.54, 1.807) is 58.0 Å². The van der Waals surface area contributed by atoms with Crippen LogP contribution in [0.15, 0.2) is 73.2 Å². The van der Waals surface area contributed by atoms with Crippen LogP contribution in [0.25, 0.3) is 34.0 Å². The van der Waals surface area contributed by atoms with E-state index in [9.17, 15) is 13.6 Å². The summed E-state index contributed by atoms with van der Waals surface area (Å²) in [5.74, 6) is -0.552. The highest BCUT2D eigenvalue weighted by Crippen LogP contribution is 2.32. The van der Waals surface area contributed by atoms with Gasteiger partial charge in [0.2, 0.25) is 5.91 Å². The molecule has 1 N–H and O–H groups in total. The topological polar surface area (TPSA) is 77.1 Å². The largest absolute Gasteiger partial charge is 0.310 e. The lowest BCUT2D eigenvalue weighted by Crippen LogP contribution is -2.05. The first-order valence-corrected chi connectivity index (χ1v) is 9.71. The molecule has 2 aromatic carbocycles. The van der Waals surface area contributed by atoms with Gasteiger partial charge in [-0.25, -0.2) is 23.3 Å². The van der Waals surface area contributed by atoms with Crippen LogP contribution in [0.1, 0.15) is 6.92 Å². The van der Waals surface area contributed by atoms with Gasteiger partial charge < -0.3 is 5.32 Å². The summed E-state index contributed by atoms with van der Waals surface area (Å²) >= 11 is 0. The molecule has 0 aliphatic carbocycles. The number of benzene rings is 2. The van der Waals surface area contributed by atoms with E-state index in [4.69, 9.17) is 0 Å². The Bertz CT molecular complexity index is 1380. The van der Waals surface area contributed by atoms with Crippen LogP contribution in [0, 0.1) is 11.6 Å².